The number of aromatic nitrogens is 1. The standard InChI is InChI=1S/C17H22N4O3.HI/c1-11-5-6-12(16(22)21(11)2)10-19-17(18)20-14-9-13(23-3)7-8-15(14)24-4;/h5-9H,10H2,1-4H3,(H3,18,19,20);1H. The van der Waals surface area contributed by atoms with Crippen LogP contribution in [-0.2, 0) is 13.6 Å². The molecule has 0 saturated heterocycles. The summed E-state index contributed by atoms with van der Waals surface area (Å²) in [5.74, 6) is 1.46. The van der Waals surface area contributed by atoms with Gasteiger partial charge in [0.1, 0.15) is 11.5 Å². The fourth-order valence-corrected chi connectivity index (χ4v) is 2.16. The van der Waals surface area contributed by atoms with E-state index in [1.54, 1.807) is 50.1 Å². The van der Waals surface area contributed by atoms with Gasteiger partial charge in [-0.05, 0) is 31.2 Å². The number of halogens is 1. The number of guanidine groups is 1. The molecule has 1 heterocycles. The van der Waals surface area contributed by atoms with Crippen molar-refractivity contribution < 1.29 is 9.47 Å². The fourth-order valence-electron chi connectivity index (χ4n) is 2.16. The molecule has 0 fully saturated rings. The molecule has 0 amide bonds. The van der Waals surface area contributed by atoms with Crippen molar-refractivity contribution in [1.29, 1.82) is 0 Å². The maximum absolute atomic E-state index is 12.1. The molecule has 2 aromatic rings. The highest BCUT2D eigenvalue weighted by Crippen LogP contribution is 2.28. The number of nitrogens with two attached hydrogens (primary N) is 1. The molecule has 7 nitrogen and oxygen atoms in total. The van der Waals surface area contributed by atoms with E-state index < -0.39 is 0 Å². The molecule has 0 radical (unpaired) electrons. The van der Waals surface area contributed by atoms with Gasteiger partial charge in [-0.25, -0.2) is 4.99 Å². The van der Waals surface area contributed by atoms with Gasteiger partial charge in [0.05, 0.1) is 26.5 Å². The molecule has 136 valence electrons. The third-order valence-corrected chi connectivity index (χ3v) is 3.72. The maximum atomic E-state index is 12.1. The summed E-state index contributed by atoms with van der Waals surface area (Å²) in [6.45, 7) is 2.07. The average molecular weight is 458 g/mol. The van der Waals surface area contributed by atoms with Crippen molar-refractivity contribution in [2.45, 2.75) is 13.5 Å². The van der Waals surface area contributed by atoms with Crippen LogP contribution in [0.2, 0.25) is 0 Å². The van der Waals surface area contributed by atoms with Crippen LogP contribution in [0.15, 0.2) is 40.1 Å². The Bertz CT molecular complexity index is 818. The van der Waals surface area contributed by atoms with Gasteiger partial charge < -0.3 is 25.1 Å². The van der Waals surface area contributed by atoms with Gasteiger partial charge >= 0.3 is 0 Å². The van der Waals surface area contributed by atoms with Crippen molar-refractivity contribution >= 4 is 35.6 Å². The van der Waals surface area contributed by atoms with Crippen molar-refractivity contribution in [3.05, 3.63) is 51.9 Å². The zero-order valence-corrected chi connectivity index (χ0v) is 17.0. The van der Waals surface area contributed by atoms with Crippen molar-refractivity contribution in [1.82, 2.24) is 4.57 Å². The highest BCUT2D eigenvalue weighted by Gasteiger charge is 2.07. The summed E-state index contributed by atoms with van der Waals surface area (Å²) in [4.78, 5) is 16.4. The van der Waals surface area contributed by atoms with Gasteiger partial charge in [-0.1, -0.05) is 0 Å². The molecule has 1 aromatic heterocycles. The Kier molecular flexibility index (Phi) is 7.75. The summed E-state index contributed by atoms with van der Waals surface area (Å²) in [5, 5.41) is 2.97. The summed E-state index contributed by atoms with van der Waals surface area (Å²) in [6, 6.07) is 8.95. The van der Waals surface area contributed by atoms with Gasteiger partial charge in [-0.3, -0.25) is 4.79 Å². The SMILES string of the molecule is COc1ccc(OC)c(NC(N)=NCc2ccc(C)n(C)c2=O)c1.I. The van der Waals surface area contributed by atoms with Crippen molar-refractivity contribution in [3.63, 3.8) is 0 Å². The number of nitrogens with one attached hydrogen (secondary N) is 1. The van der Waals surface area contributed by atoms with E-state index in [1.807, 2.05) is 13.0 Å². The van der Waals surface area contributed by atoms with Crippen LogP contribution in [-0.4, -0.2) is 24.7 Å². The van der Waals surface area contributed by atoms with Crippen molar-refractivity contribution in [2.75, 3.05) is 19.5 Å². The number of anilines is 1. The molecular formula is C17H23IN4O3. The molecule has 0 aliphatic carbocycles. The molecule has 0 atom stereocenters. The molecule has 2 rings (SSSR count). The first-order valence-electron chi connectivity index (χ1n) is 7.40. The number of methoxy groups -OCH3 is 2. The Morgan fingerprint density at radius 3 is 2.60 bits per heavy atom. The van der Waals surface area contributed by atoms with E-state index >= 15 is 0 Å². The second kappa shape index (κ2) is 9.30. The van der Waals surface area contributed by atoms with E-state index in [0.717, 1.165) is 5.69 Å². The minimum Gasteiger partial charge on any atom is -0.497 e. The summed E-state index contributed by atoms with van der Waals surface area (Å²) in [5.41, 5.74) is 7.94. The van der Waals surface area contributed by atoms with Crippen LogP contribution in [0.4, 0.5) is 5.69 Å². The fraction of sp³-hybridized carbons (Fsp3) is 0.294. The molecular weight excluding hydrogens is 435 g/mol. The second-order valence-electron chi connectivity index (χ2n) is 5.26. The molecule has 1 aromatic carbocycles. The average Bonchev–Trinajstić information content (AvgIpc) is 2.59. The van der Waals surface area contributed by atoms with Crippen LogP contribution in [0.5, 0.6) is 11.5 Å². The minimum atomic E-state index is -0.0782. The van der Waals surface area contributed by atoms with E-state index in [9.17, 15) is 4.79 Å². The number of benzene rings is 1. The van der Waals surface area contributed by atoms with Gasteiger partial charge in [-0.2, -0.15) is 0 Å². The molecule has 0 unspecified atom stereocenters. The van der Waals surface area contributed by atoms with Gasteiger partial charge in [0.25, 0.3) is 5.56 Å². The summed E-state index contributed by atoms with van der Waals surface area (Å²) in [6.07, 6.45) is 0. The highest BCUT2D eigenvalue weighted by atomic mass is 127. The molecule has 3 N–H and O–H groups in total. The monoisotopic (exact) mass is 458 g/mol. The number of nitrogens with zero attached hydrogens (tertiary/aromatic N) is 2. The van der Waals surface area contributed by atoms with E-state index in [-0.39, 0.29) is 42.0 Å². The lowest BCUT2D eigenvalue weighted by atomic mass is 10.2. The van der Waals surface area contributed by atoms with Crippen LogP contribution in [0.25, 0.3) is 0 Å². The smallest absolute Gasteiger partial charge is 0.255 e. The van der Waals surface area contributed by atoms with E-state index in [4.69, 9.17) is 15.2 Å². The number of aliphatic imine (C=N–C) groups is 1. The first kappa shape index (κ1) is 20.8. The van der Waals surface area contributed by atoms with E-state index in [2.05, 4.69) is 10.3 Å². The van der Waals surface area contributed by atoms with Crippen LogP contribution in [0, 0.1) is 6.92 Å². The van der Waals surface area contributed by atoms with Gasteiger partial charge in [0.2, 0.25) is 0 Å². The lowest BCUT2D eigenvalue weighted by Crippen LogP contribution is -2.25. The number of hydrogen-bond donors (Lipinski definition) is 2. The van der Waals surface area contributed by atoms with Crippen molar-refractivity contribution in [2.24, 2.45) is 17.8 Å². The molecule has 0 saturated carbocycles. The second-order valence-corrected chi connectivity index (χ2v) is 5.26. The Morgan fingerprint density at radius 1 is 1.24 bits per heavy atom. The first-order valence-corrected chi connectivity index (χ1v) is 7.40. The minimum absolute atomic E-state index is 0. The van der Waals surface area contributed by atoms with Crippen LogP contribution in [0.1, 0.15) is 11.3 Å². The Hall–Kier alpha value is -2.23. The number of aryl methyl sites for hydroxylation is 1. The maximum Gasteiger partial charge on any atom is 0.255 e. The summed E-state index contributed by atoms with van der Waals surface area (Å²) >= 11 is 0. The number of pyridine rings is 1. The van der Waals surface area contributed by atoms with E-state index in [1.165, 1.54) is 0 Å². The van der Waals surface area contributed by atoms with Crippen LogP contribution < -0.4 is 26.1 Å². The highest BCUT2D eigenvalue weighted by molar-refractivity contribution is 14.0. The molecule has 0 bridgehead atoms. The predicted molar refractivity (Wildman–Crippen MR) is 110 cm³/mol. The summed E-state index contributed by atoms with van der Waals surface area (Å²) < 4.78 is 12.0. The summed E-state index contributed by atoms with van der Waals surface area (Å²) in [7, 11) is 4.88. The molecule has 25 heavy (non-hydrogen) atoms. The largest absolute Gasteiger partial charge is 0.497 e. The topological polar surface area (TPSA) is 90.9 Å². The zero-order chi connectivity index (χ0) is 17.7. The van der Waals surface area contributed by atoms with Crippen molar-refractivity contribution in [3.8, 4) is 11.5 Å². The molecule has 0 spiro atoms. The zero-order valence-electron chi connectivity index (χ0n) is 14.7. The molecule has 0 aliphatic heterocycles. The first-order chi connectivity index (χ1) is 11.5. The van der Waals surface area contributed by atoms with Crippen LogP contribution >= 0.6 is 24.0 Å². The van der Waals surface area contributed by atoms with Gasteiger partial charge in [-0.15, -0.1) is 24.0 Å². The van der Waals surface area contributed by atoms with E-state index in [0.29, 0.717) is 22.7 Å². The third kappa shape index (κ3) is 5.12. The normalized spacial score (nSPS) is 10.8. The molecule has 0 aliphatic rings. The third-order valence-electron chi connectivity index (χ3n) is 3.72. The number of ether oxygens (including phenoxy) is 2. The lowest BCUT2D eigenvalue weighted by molar-refractivity contribution is 0.405. The predicted octanol–water partition coefficient (Wildman–Crippen LogP) is 2.26. The molecule has 8 heteroatoms. The number of hydrogen-bond acceptors (Lipinski definition) is 4. The lowest BCUT2D eigenvalue weighted by Gasteiger charge is -2.12. The Morgan fingerprint density at radius 2 is 1.96 bits per heavy atom. The Labute approximate surface area is 163 Å². The quantitative estimate of drug-likeness (QED) is 0.408. The number of rotatable bonds is 5. The van der Waals surface area contributed by atoms with Crippen LogP contribution in [0.3, 0.4) is 0 Å². The Balaban J connectivity index is 0.00000312. The van der Waals surface area contributed by atoms with Gasteiger partial charge in [0, 0.05) is 24.4 Å². The van der Waals surface area contributed by atoms with Gasteiger partial charge in [0.15, 0.2) is 5.96 Å².